The first kappa shape index (κ1) is 13.1. The van der Waals surface area contributed by atoms with Crippen LogP contribution in [-0.2, 0) is 6.42 Å². The summed E-state index contributed by atoms with van der Waals surface area (Å²) in [4.78, 5) is 2.23. The molecule has 1 saturated carbocycles. The van der Waals surface area contributed by atoms with Gasteiger partial charge in [0, 0.05) is 19.1 Å². The Bertz CT molecular complexity index is 392. The number of nitriles is 1. The standard InChI is InChI=1S/C15H21N3/c1-18(10-9-13-5-3-2-4-6-13)12-15(11-16)17-14-7-8-14/h2-6,14-15,17H,7-10,12H2,1H3. The Hall–Kier alpha value is -1.37. The molecule has 18 heavy (non-hydrogen) atoms. The second-order valence-corrected chi connectivity index (χ2v) is 5.12. The fourth-order valence-corrected chi connectivity index (χ4v) is 2.03. The van der Waals surface area contributed by atoms with Crippen molar-refractivity contribution in [3.63, 3.8) is 0 Å². The maximum Gasteiger partial charge on any atom is 0.108 e. The van der Waals surface area contributed by atoms with E-state index < -0.39 is 0 Å². The summed E-state index contributed by atoms with van der Waals surface area (Å²) in [7, 11) is 2.09. The Labute approximate surface area is 109 Å². The van der Waals surface area contributed by atoms with Crippen LogP contribution in [0.15, 0.2) is 30.3 Å². The monoisotopic (exact) mass is 243 g/mol. The minimum Gasteiger partial charge on any atom is -0.303 e. The molecule has 0 aliphatic heterocycles. The Morgan fingerprint density at radius 2 is 2.11 bits per heavy atom. The van der Waals surface area contributed by atoms with Gasteiger partial charge in [-0.05, 0) is 31.9 Å². The zero-order valence-corrected chi connectivity index (χ0v) is 11.0. The summed E-state index contributed by atoms with van der Waals surface area (Å²) in [5.41, 5.74) is 1.35. The van der Waals surface area contributed by atoms with E-state index in [1.165, 1.54) is 18.4 Å². The van der Waals surface area contributed by atoms with E-state index in [0.29, 0.717) is 6.04 Å². The van der Waals surface area contributed by atoms with Gasteiger partial charge in [0.15, 0.2) is 0 Å². The van der Waals surface area contributed by atoms with Crippen LogP contribution < -0.4 is 5.32 Å². The van der Waals surface area contributed by atoms with Gasteiger partial charge in [0.1, 0.15) is 6.04 Å². The first-order chi connectivity index (χ1) is 8.78. The first-order valence-corrected chi connectivity index (χ1v) is 6.66. The van der Waals surface area contributed by atoms with Crippen LogP contribution in [0.2, 0.25) is 0 Å². The predicted octanol–water partition coefficient (Wildman–Crippen LogP) is 1.81. The third-order valence-electron chi connectivity index (χ3n) is 3.29. The van der Waals surface area contributed by atoms with Crippen LogP contribution in [0, 0.1) is 11.3 Å². The average molecular weight is 243 g/mol. The molecule has 0 amide bonds. The molecule has 1 unspecified atom stereocenters. The van der Waals surface area contributed by atoms with Gasteiger partial charge < -0.3 is 4.90 Å². The second kappa shape index (κ2) is 6.53. The van der Waals surface area contributed by atoms with Crippen molar-refractivity contribution in [2.45, 2.75) is 31.3 Å². The molecule has 3 heteroatoms. The lowest BCUT2D eigenvalue weighted by Gasteiger charge is -2.20. The molecule has 1 N–H and O–H groups in total. The van der Waals surface area contributed by atoms with Crippen LogP contribution in [0.4, 0.5) is 0 Å². The number of benzene rings is 1. The maximum atomic E-state index is 9.10. The van der Waals surface area contributed by atoms with Crippen molar-refractivity contribution in [1.29, 1.82) is 5.26 Å². The van der Waals surface area contributed by atoms with Crippen LogP contribution in [0.5, 0.6) is 0 Å². The quantitative estimate of drug-likeness (QED) is 0.794. The third-order valence-corrected chi connectivity index (χ3v) is 3.29. The van der Waals surface area contributed by atoms with E-state index in [4.69, 9.17) is 5.26 Å². The van der Waals surface area contributed by atoms with Crippen LogP contribution in [-0.4, -0.2) is 37.1 Å². The highest BCUT2D eigenvalue weighted by Gasteiger charge is 2.24. The van der Waals surface area contributed by atoms with Gasteiger partial charge in [-0.1, -0.05) is 30.3 Å². The van der Waals surface area contributed by atoms with Crippen LogP contribution in [0.3, 0.4) is 0 Å². The molecule has 2 rings (SSSR count). The summed E-state index contributed by atoms with van der Waals surface area (Å²) in [5, 5.41) is 12.5. The van der Waals surface area contributed by atoms with Crippen molar-refractivity contribution in [3.05, 3.63) is 35.9 Å². The van der Waals surface area contributed by atoms with Crippen molar-refractivity contribution in [3.8, 4) is 6.07 Å². The number of rotatable bonds is 7. The largest absolute Gasteiger partial charge is 0.303 e. The fraction of sp³-hybridized carbons (Fsp3) is 0.533. The number of hydrogen-bond donors (Lipinski definition) is 1. The van der Waals surface area contributed by atoms with Gasteiger partial charge in [0.2, 0.25) is 0 Å². The number of likely N-dealkylation sites (N-methyl/N-ethyl adjacent to an activating group) is 1. The highest BCUT2D eigenvalue weighted by atomic mass is 15.1. The zero-order chi connectivity index (χ0) is 12.8. The summed E-state index contributed by atoms with van der Waals surface area (Å²) >= 11 is 0. The lowest BCUT2D eigenvalue weighted by Crippen LogP contribution is -2.40. The summed E-state index contributed by atoms with van der Waals surface area (Å²) in [6, 6.07) is 13.4. The molecule has 1 aromatic carbocycles. The van der Waals surface area contributed by atoms with Crippen LogP contribution >= 0.6 is 0 Å². The highest BCUT2D eigenvalue weighted by Crippen LogP contribution is 2.19. The minimum absolute atomic E-state index is 0.0294. The van der Waals surface area contributed by atoms with E-state index in [-0.39, 0.29) is 6.04 Å². The normalized spacial score (nSPS) is 16.5. The smallest absolute Gasteiger partial charge is 0.108 e. The molecule has 3 nitrogen and oxygen atoms in total. The Morgan fingerprint density at radius 3 is 2.72 bits per heavy atom. The van der Waals surface area contributed by atoms with Gasteiger partial charge in [-0.25, -0.2) is 0 Å². The SMILES string of the molecule is CN(CCc1ccccc1)CC(C#N)NC1CC1. The van der Waals surface area contributed by atoms with Gasteiger partial charge in [0.05, 0.1) is 6.07 Å². The van der Waals surface area contributed by atoms with E-state index in [1.807, 2.05) is 6.07 Å². The van der Waals surface area contributed by atoms with Crippen molar-refractivity contribution < 1.29 is 0 Å². The maximum absolute atomic E-state index is 9.10. The van der Waals surface area contributed by atoms with E-state index in [1.54, 1.807) is 0 Å². The van der Waals surface area contributed by atoms with Gasteiger partial charge in [-0.15, -0.1) is 0 Å². The summed E-state index contributed by atoms with van der Waals surface area (Å²) in [6.07, 6.45) is 3.50. The summed E-state index contributed by atoms with van der Waals surface area (Å²) in [5.74, 6) is 0. The van der Waals surface area contributed by atoms with E-state index in [9.17, 15) is 0 Å². The number of nitrogens with one attached hydrogen (secondary N) is 1. The molecular formula is C15H21N3. The fourth-order valence-electron chi connectivity index (χ4n) is 2.03. The van der Waals surface area contributed by atoms with Gasteiger partial charge in [0.25, 0.3) is 0 Å². The van der Waals surface area contributed by atoms with Crippen molar-refractivity contribution in [2.75, 3.05) is 20.1 Å². The molecule has 0 spiro atoms. The van der Waals surface area contributed by atoms with Crippen LogP contribution in [0.1, 0.15) is 18.4 Å². The molecule has 1 aromatic rings. The van der Waals surface area contributed by atoms with Crippen molar-refractivity contribution in [1.82, 2.24) is 10.2 Å². The lowest BCUT2D eigenvalue weighted by atomic mass is 10.1. The molecule has 0 bridgehead atoms. The van der Waals surface area contributed by atoms with Gasteiger partial charge in [-0.3, -0.25) is 5.32 Å². The van der Waals surface area contributed by atoms with Crippen molar-refractivity contribution >= 4 is 0 Å². The van der Waals surface area contributed by atoms with E-state index in [2.05, 4.69) is 47.6 Å². The van der Waals surface area contributed by atoms with E-state index in [0.717, 1.165) is 19.5 Å². The Morgan fingerprint density at radius 1 is 1.39 bits per heavy atom. The van der Waals surface area contributed by atoms with Crippen LogP contribution in [0.25, 0.3) is 0 Å². The molecule has 96 valence electrons. The Balaban J connectivity index is 1.70. The molecule has 1 aliphatic carbocycles. The predicted molar refractivity (Wildman–Crippen MR) is 73.2 cm³/mol. The molecule has 1 aliphatic rings. The molecular weight excluding hydrogens is 222 g/mol. The Kier molecular flexibility index (Phi) is 4.74. The second-order valence-electron chi connectivity index (χ2n) is 5.12. The molecule has 1 atom stereocenters. The molecule has 1 fully saturated rings. The molecule has 0 saturated heterocycles. The topological polar surface area (TPSA) is 39.1 Å². The first-order valence-electron chi connectivity index (χ1n) is 6.66. The zero-order valence-electron chi connectivity index (χ0n) is 11.0. The lowest BCUT2D eigenvalue weighted by molar-refractivity contribution is 0.313. The minimum atomic E-state index is -0.0294. The summed E-state index contributed by atoms with van der Waals surface area (Å²) in [6.45, 7) is 1.80. The number of hydrogen-bond acceptors (Lipinski definition) is 3. The third kappa shape index (κ3) is 4.48. The molecule has 0 radical (unpaired) electrons. The van der Waals surface area contributed by atoms with Gasteiger partial charge in [-0.2, -0.15) is 5.26 Å². The van der Waals surface area contributed by atoms with Gasteiger partial charge >= 0.3 is 0 Å². The van der Waals surface area contributed by atoms with E-state index >= 15 is 0 Å². The number of nitrogens with zero attached hydrogens (tertiary/aromatic N) is 2. The molecule has 0 aromatic heterocycles. The average Bonchev–Trinajstić information content (AvgIpc) is 3.21. The summed E-state index contributed by atoms with van der Waals surface area (Å²) < 4.78 is 0. The van der Waals surface area contributed by atoms with Crippen molar-refractivity contribution in [2.24, 2.45) is 0 Å². The highest BCUT2D eigenvalue weighted by molar-refractivity contribution is 5.14. The molecule has 0 heterocycles.